The minimum Gasteiger partial charge on any atom is -0.385 e. The topological polar surface area (TPSA) is 64.3 Å². The van der Waals surface area contributed by atoms with Gasteiger partial charge in [-0.1, -0.05) is 23.7 Å². The first-order valence-electron chi connectivity index (χ1n) is 5.36. The summed E-state index contributed by atoms with van der Waals surface area (Å²) >= 11 is 6.00. The summed E-state index contributed by atoms with van der Waals surface area (Å²) in [5.74, 6) is -0.252. The van der Waals surface area contributed by atoms with E-state index >= 15 is 0 Å². The van der Waals surface area contributed by atoms with Crippen LogP contribution in [0.15, 0.2) is 18.2 Å². The van der Waals surface area contributed by atoms with Gasteiger partial charge < -0.3 is 15.8 Å². The third kappa shape index (κ3) is 4.00. The maximum atomic E-state index is 11.8. The summed E-state index contributed by atoms with van der Waals surface area (Å²) in [5, 5.41) is 3.25. The minimum absolute atomic E-state index is 0.252. The lowest BCUT2D eigenvalue weighted by Gasteiger charge is -2.14. The molecule has 1 rings (SSSR count). The Morgan fingerprint density at radius 1 is 1.59 bits per heavy atom. The normalized spacial score (nSPS) is 12.2. The number of nitrogens with one attached hydrogen (secondary N) is 1. The molecule has 0 saturated carbocycles. The number of hydrogen-bond acceptors (Lipinski definition) is 3. The largest absolute Gasteiger partial charge is 0.385 e. The molecule has 5 heteroatoms. The van der Waals surface area contributed by atoms with Gasteiger partial charge in [0.2, 0.25) is 5.91 Å². The Morgan fingerprint density at radius 3 is 2.88 bits per heavy atom. The van der Waals surface area contributed by atoms with Gasteiger partial charge in [0.15, 0.2) is 0 Å². The number of carbonyl (C=O) groups is 1. The summed E-state index contributed by atoms with van der Waals surface area (Å²) in [6.07, 6.45) is 0.478. The number of rotatable bonds is 5. The summed E-state index contributed by atoms with van der Waals surface area (Å²) in [6.45, 7) is 2.33. The quantitative estimate of drug-likeness (QED) is 0.846. The van der Waals surface area contributed by atoms with Crippen LogP contribution in [-0.4, -0.2) is 25.7 Å². The molecule has 17 heavy (non-hydrogen) atoms. The van der Waals surface area contributed by atoms with Crippen LogP contribution in [0.5, 0.6) is 0 Å². The van der Waals surface area contributed by atoms with Gasteiger partial charge in [-0.2, -0.15) is 0 Å². The lowest BCUT2D eigenvalue weighted by Crippen LogP contribution is -2.36. The van der Waals surface area contributed by atoms with Crippen molar-refractivity contribution in [3.05, 3.63) is 28.8 Å². The van der Waals surface area contributed by atoms with E-state index in [4.69, 9.17) is 22.1 Å². The van der Waals surface area contributed by atoms with Crippen molar-refractivity contribution in [2.24, 2.45) is 5.73 Å². The average molecular weight is 257 g/mol. The maximum absolute atomic E-state index is 11.8. The molecule has 0 saturated heterocycles. The van der Waals surface area contributed by atoms with E-state index in [2.05, 4.69) is 5.32 Å². The zero-order valence-corrected chi connectivity index (χ0v) is 10.8. The molecule has 0 aliphatic rings. The number of benzene rings is 1. The second-order valence-electron chi connectivity index (χ2n) is 3.81. The number of aryl methyl sites for hydroxylation is 1. The third-order valence-corrected chi connectivity index (χ3v) is 2.75. The van der Waals surface area contributed by atoms with Gasteiger partial charge in [0.1, 0.15) is 0 Å². The van der Waals surface area contributed by atoms with Gasteiger partial charge in [-0.05, 0) is 25.0 Å². The molecular weight excluding hydrogens is 240 g/mol. The van der Waals surface area contributed by atoms with Crippen LogP contribution in [0, 0.1) is 6.92 Å². The second-order valence-corrected chi connectivity index (χ2v) is 4.22. The van der Waals surface area contributed by atoms with Crippen molar-refractivity contribution in [3.63, 3.8) is 0 Å². The van der Waals surface area contributed by atoms with Gasteiger partial charge >= 0.3 is 0 Å². The Bertz CT molecular complexity index is 376. The molecule has 1 unspecified atom stereocenters. The van der Waals surface area contributed by atoms with Crippen LogP contribution in [0.2, 0.25) is 5.02 Å². The van der Waals surface area contributed by atoms with Crippen LogP contribution in [0.4, 0.5) is 5.69 Å². The fraction of sp³-hybridized carbons (Fsp3) is 0.417. The van der Waals surface area contributed by atoms with E-state index in [1.165, 1.54) is 0 Å². The third-order valence-electron chi connectivity index (χ3n) is 2.44. The number of methoxy groups -OCH3 is 1. The van der Waals surface area contributed by atoms with Crippen LogP contribution >= 0.6 is 11.6 Å². The Labute approximate surface area is 106 Å². The molecule has 0 heterocycles. The van der Waals surface area contributed by atoms with E-state index in [1.807, 2.05) is 19.1 Å². The van der Waals surface area contributed by atoms with Gasteiger partial charge in [0.05, 0.1) is 16.8 Å². The molecule has 3 N–H and O–H groups in total. The average Bonchev–Trinajstić information content (AvgIpc) is 2.30. The molecule has 1 amide bonds. The number of amides is 1. The van der Waals surface area contributed by atoms with Crippen LogP contribution in [-0.2, 0) is 9.53 Å². The first-order valence-corrected chi connectivity index (χ1v) is 5.74. The zero-order chi connectivity index (χ0) is 12.8. The van der Waals surface area contributed by atoms with Crippen molar-refractivity contribution >= 4 is 23.2 Å². The summed E-state index contributed by atoms with van der Waals surface area (Å²) in [5.41, 5.74) is 7.24. The van der Waals surface area contributed by atoms with Gasteiger partial charge in [-0.15, -0.1) is 0 Å². The van der Waals surface area contributed by atoms with Crippen molar-refractivity contribution in [2.45, 2.75) is 19.4 Å². The van der Waals surface area contributed by atoms with E-state index < -0.39 is 6.04 Å². The van der Waals surface area contributed by atoms with Crippen molar-refractivity contribution in [3.8, 4) is 0 Å². The second kappa shape index (κ2) is 6.59. The highest BCUT2D eigenvalue weighted by Gasteiger charge is 2.15. The van der Waals surface area contributed by atoms with Gasteiger partial charge in [0.25, 0.3) is 0 Å². The first kappa shape index (κ1) is 14.0. The Balaban J connectivity index is 2.68. The van der Waals surface area contributed by atoms with Gasteiger partial charge in [-0.3, -0.25) is 4.79 Å². The molecule has 94 valence electrons. The molecule has 0 aromatic heterocycles. The molecule has 0 bridgehead atoms. The smallest absolute Gasteiger partial charge is 0.241 e. The van der Waals surface area contributed by atoms with Crippen molar-refractivity contribution in [2.75, 3.05) is 19.0 Å². The summed E-state index contributed by atoms with van der Waals surface area (Å²) in [4.78, 5) is 11.8. The van der Waals surface area contributed by atoms with Crippen LogP contribution in [0.3, 0.4) is 0 Å². The van der Waals surface area contributed by atoms with E-state index in [0.717, 1.165) is 5.56 Å². The summed E-state index contributed by atoms with van der Waals surface area (Å²) < 4.78 is 4.87. The molecule has 0 radical (unpaired) electrons. The fourth-order valence-electron chi connectivity index (χ4n) is 1.38. The molecule has 0 spiro atoms. The van der Waals surface area contributed by atoms with E-state index in [1.54, 1.807) is 13.2 Å². The molecule has 1 aromatic carbocycles. The molecule has 4 nitrogen and oxygen atoms in total. The van der Waals surface area contributed by atoms with Gasteiger partial charge in [-0.25, -0.2) is 0 Å². The molecular formula is C12H17ClN2O2. The number of carbonyl (C=O) groups excluding carboxylic acids is 1. The summed E-state index contributed by atoms with van der Waals surface area (Å²) in [7, 11) is 1.57. The van der Waals surface area contributed by atoms with Crippen LogP contribution in [0.25, 0.3) is 0 Å². The lowest BCUT2D eigenvalue weighted by atomic mass is 10.1. The number of ether oxygens (including phenoxy) is 1. The predicted octanol–water partition coefficient (Wildman–Crippen LogP) is 1.95. The fourth-order valence-corrected chi connectivity index (χ4v) is 1.65. The first-order chi connectivity index (χ1) is 8.06. The Kier molecular flexibility index (Phi) is 5.41. The highest BCUT2D eigenvalue weighted by atomic mass is 35.5. The molecule has 1 aromatic rings. The molecule has 1 atom stereocenters. The molecule has 0 aliphatic heterocycles. The highest BCUT2D eigenvalue weighted by Crippen LogP contribution is 2.25. The number of nitrogens with two attached hydrogens (primary N) is 1. The van der Waals surface area contributed by atoms with E-state index in [9.17, 15) is 4.79 Å². The minimum atomic E-state index is -0.592. The number of halogens is 1. The summed E-state index contributed by atoms with van der Waals surface area (Å²) in [6, 6.07) is 4.84. The van der Waals surface area contributed by atoms with Gasteiger partial charge in [0, 0.05) is 13.7 Å². The predicted molar refractivity (Wildman–Crippen MR) is 69.3 cm³/mol. The maximum Gasteiger partial charge on any atom is 0.241 e. The van der Waals surface area contributed by atoms with Crippen molar-refractivity contribution in [1.82, 2.24) is 0 Å². The zero-order valence-electron chi connectivity index (χ0n) is 10.00. The monoisotopic (exact) mass is 256 g/mol. The standard InChI is InChI=1S/C12H17ClN2O2/c1-8-4-3-5-9(13)11(8)15-12(16)10(14)6-7-17-2/h3-5,10H,6-7,14H2,1-2H3,(H,15,16). The number of para-hydroxylation sites is 1. The van der Waals surface area contributed by atoms with Crippen molar-refractivity contribution in [1.29, 1.82) is 0 Å². The van der Waals surface area contributed by atoms with Crippen LogP contribution < -0.4 is 11.1 Å². The lowest BCUT2D eigenvalue weighted by molar-refractivity contribution is -0.117. The Morgan fingerprint density at radius 2 is 2.29 bits per heavy atom. The van der Waals surface area contributed by atoms with E-state index in [-0.39, 0.29) is 5.91 Å². The molecule has 0 fully saturated rings. The Hall–Kier alpha value is -1.10. The number of hydrogen-bond donors (Lipinski definition) is 2. The van der Waals surface area contributed by atoms with Crippen LogP contribution in [0.1, 0.15) is 12.0 Å². The van der Waals surface area contributed by atoms with E-state index in [0.29, 0.717) is 23.7 Å². The van der Waals surface area contributed by atoms with Crippen molar-refractivity contribution < 1.29 is 9.53 Å². The SMILES string of the molecule is COCCC(N)C(=O)Nc1c(C)cccc1Cl. The molecule has 0 aliphatic carbocycles. The highest BCUT2D eigenvalue weighted by molar-refractivity contribution is 6.34. The number of anilines is 1.